The molecule has 2 aromatic rings. The van der Waals surface area contributed by atoms with Crippen molar-refractivity contribution in [3.8, 4) is 22.6 Å². The Morgan fingerprint density at radius 3 is 2.20 bits per heavy atom. The average molecular weight is 271 g/mol. The first-order valence-corrected chi connectivity index (χ1v) is 6.69. The van der Waals surface area contributed by atoms with E-state index in [9.17, 15) is 0 Å². The average Bonchev–Trinajstić information content (AvgIpc) is 2.53. The summed E-state index contributed by atoms with van der Waals surface area (Å²) in [6, 6.07) is 14.5. The second-order valence-electron chi connectivity index (χ2n) is 4.67. The molecule has 3 nitrogen and oxygen atoms in total. The Balaban J connectivity index is 2.58. The van der Waals surface area contributed by atoms with Gasteiger partial charge in [-0.05, 0) is 37.7 Å². The predicted octanol–water partition coefficient (Wildman–Crippen LogP) is 3.65. The molecule has 3 heteroatoms. The number of hydrogen-bond acceptors (Lipinski definition) is 3. The van der Waals surface area contributed by atoms with Gasteiger partial charge >= 0.3 is 0 Å². The van der Waals surface area contributed by atoms with E-state index >= 15 is 0 Å². The number of rotatable bonds is 5. The third kappa shape index (κ3) is 2.78. The Bertz CT molecular complexity index is 581. The molecule has 0 aliphatic rings. The first-order chi connectivity index (χ1) is 9.71. The van der Waals surface area contributed by atoms with E-state index in [0.717, 1.165) is 22.6 Å². The van der Waals surface area contributed by atoms with E-state index in [1.807, 2.05) is 37.4 Å². The summed E-state index contributed by atoms with van der Waals surface area (Å²) in [6.07, 6.45) is 0. The van der Waals surface area contributed by atoms with Gasteiger partial charge in [0.1, 0.15) is 11.5 Å². The van der Waals surface area contributed by atoms with Crippen LogP contribution in [0, 0.1) is 0 Å². The lowest BCUT2D eigenvalue weighted by Crippen LogP contribution is -2.12. The van der Waals surface area contributed by atoms with Gasteiger partial charge in [0.05, 0.1) is 14.2 Å². The molecule has 0 aliphatic carbocycles. The van der Waals surface area contributed by atoms with Gasteiger partial charge in [-0.1, -0.05) is 24.3 Å². The lowest BCUT2D eigenvalue weighted by Gasteiger charge is -2.16. The zero-order valence-electron chi connectivity index (χ0n) is 12.4. The lowest BCUT2D eigenvalue weighted by atomic mass is 9.98. The first kappa shape index (κ1) is 14.4. The van der Waals surface area contributed by atoms with Gasteiger partial charge < -0.3 is 14.8 Å². The monoisotopic (exact) mass is 271 g/mol. The van der Waals surface area contributed by atoms with Crippen molar-refractivity contribution in [2.75, 3.05) is 21.3 Å². The molecule has 0 heterocycles. The van der Waals surface area contributed by atoms with Crippen LogP contribution in [-0.2, 0) is 0 Å². The maximum Gasteiger partial charge on any atom is 0.126 e. The molecule has 1 unspecified atom stereocenters. The maximum absolute atomic E-state index is 5.49. The van der Waals surface area contributed by atoms with Crippen LogP contribution in [0.25, 0.3) is 11.1 Å². The summed E-state index contributed by atoms with van der Waals surface area (Å²) in [4.78, 5) is 0. The van der Waals surface area contributed by atoms with Gasteiger partial charge in [0, 0.05) is 17.2 Å². The SMILES string of the molecule is CNC(C)c1ccc(OC)c(-c2ccccc2OC)c1. The van der Waals surface area contributed by atoms with Crippen LogP contribution in [0.15, 0.2) is 42.5 Å². The highest BCUT2D eigenvalue weighted by molar-refractivity contribution is 5.76. The topological polar surface area (TPSA) is 30.5 Å². The molecular weight excluding hydrogens is 250 g/mol. The van der Waals surface area contributed by atoms with E-state index in [2.05, 4.69) is 24.4 Å². The molecule has 2 rings (SSSR count). The smallest absolute Gasteiger partial charge is 0.126 e. The molecule has 106 valence electrons. The van der Waals surface area contributed by atoms with Gasteiger partial charge in [-0.3, -0.25) is 0 Å². The van der Waals surface area contributed by atoms with Crippen LogP contribution >= 0.6 is 0 Å². The number of hydrogen-bond donors (Lipinski definition) is 1. The molecule has 20 heavy (non-hydrogen) atoms. The Labute approximate surface area is 120 Å². The Morgan fingerprint density at radius 2 is 1.55 bits per heavy atom. The number of nitrogens with one attached hydrogen (secondary N) is 1. The zero-order chi connectivity index (χ0) is 14.5. The molecule has 1 N–H and O–H groups in total. The Hall–Kier alpha value is -2.00. The van der Waals surface area contributed by atoms with Gasteiger partial charge in [-0.2, -0.15) is 0 Å². The van der Waals surface area contributed by atoms with Crippen molar-refractivity contribution in [3.05, 3.63) is 48.0 Å². The molecule has 0 amide bonds. The van der Waals surface area contributed by atoms with E-state index in [1.165, 1.54) is 5.56 Å². The van der Waals surface area contributed by atoms with Gasteiger partial charge in [0.25, 0.3) is 0 Å². The second-order valence-corrected chi connectivity index (χ2v) is 4.67. The molecule has 0 fully saturated rings. The molecule has 0 aromatic heterocycles. The van der Waals surface area contributed by atoms with Crippen molar-refractivity contribution < 1.29 is 9.47 Å². The molecule has 0 radical (unpaired) electrons. The van der Waals surface area contributed by atoms with Crippen LogP contribution in [0.4, 0.5) is 0 Å². The zero-order valence-corrected chi connectivity index (χ0v) is 12.4. The van der Waals surface area contributed by atoms with Crippen LogP contribution in [0.1, 0.15) is 18.5 Å². The largest absolute Gasteiger partial charge is 0.496 e. The van der Waals surface area contributed by atoms with E-state index in [1.54, 1.807) is 14.2 Å². The molecule has 0 saturated carbocycles. The van der Waals surface area contributed by atoms with E-state index in [4.69, 9.17) is 9.47 Å². The summed E-state index contributed by atoms with van der Waals surface area (Å²) in [5.74, 6) is 1.70. The standard InChI is InChI=1S/C17H21NO2/c1-12(18-2)13-9-10-17(20-4)15(11-13)14-7-5-6-8-16(14)19-3/h5-12,18H,1-4H3. The fourth-order valence-electron chi connectivity index (χ4n) is 2.24. The van der Waals surface area contributed by atoms with Crippen molar-refractivity contribution in [2.45, 2.75) is 13.0 Å². The van der Waals surface area contributed by atoms with Crippen molar-refractivity contribution in [3.63, 3.8) is 0 Å². The van der Waals surface area contributed by atoms with Gasteiger partial charge in [0.2, 0.25) is 0 Å². The molecular formula is C17H21NO2. The number of para-hydroxylation sites is 1. The minimum atomic E-state index is 0.286. The lowest BCUT2D eigenvalue weighted by molar-refractivity contribution is 0.410. The highest BCUT2D eigenvalue weighted by atomic mass is 16.5. The molecule has 0 bridgehead atoms. The van der Waals surface area contributed by atoms with E-state index < -0.39 is 0 Å². The minimum Gasteiger partial charge on any atom is -0.496 e. The Kier molecular flexibility index (Phi) is 4.64. The molecule has 2 aromatic carbocycles. The van der Waals surface area contributed by atoms with Crippen LogP contribution in [0.5, 0.6) is 11.5 Å². The van der Waals surface area contributed by atoms with Gasteiger partial charge in [-0.25, -0.2) is 0 Å². The summed E-state index contributed by atoms with van der Waals surface area (Å²) in [7, 11) is 5.33. The van der Waals surface area contributed by atoms with Crippen molar-refractivity contribution in [1.82, 2.24) is 5.32 Å². The van der Waals surface area contributed by atoms with Crippen LogP contribution in [-0.4, -0.2) is 21.3 Å². The van der Waals surface area contributed by atoms with Crippen LogP contribution < -0.4 is 14.8 Å². The molecule has 0 saturated heterocycles. The fourth-order valence-corrected chi connectivity index (χ4v) is 2.24. The number of benzene rings is 2. The summed E-state index contributed by atoms with van der Waals surface area (Å²) in [5.41, 5.74) is 3.30. The summed E-state index contributed by atoms with van der Waals surface area (Å²) in [6.45, 7) is 2.13. The highest BCUT2D eigenvalue weighted by Crippen LogP contribution is 2.37. The van der Waals surface area contributed by atoms with Gasteiger partial charge in [-0.15, -0.1) is 0 Å². The third-order valence-electron chi connectivity index (χ3n) is 3.55. The predicted molar refractivity (Wildman–Crippen MR) is 82.5 cm³/mol. The number of ether oxygens (including phenoxy) is 2. The minimum absolute atomic E-state index is 0.286. The van der Waals surface area contributed by atoms with Crippen LogP contribution in [0.2, 0.25) is 0 Å². The Morgan fingerprint density at radius 1 is 0.900 bits per heavy atom. The van der Waals surface area contributed by atoms with Crippen molar-refractivity contribution >= 4 is 0 Å². The molecule has 0 aliphatic heterocycles. The molecule has 1 atom stereocenters. The second kappa shape index (κ2) is 6.44. The maximum atomic E-state index is 5.49. The summed E-state index contributed by atoms with van der Waals surface area (Å²) in [5, 5.41) is 3.25. The third-order valence-corrected chi connectivity index (χ3v) is 3.55. The van der Waals surface area contributed by atoms with Crippen LogP contribution in [0.3, 0.4) is 0 Å². The highest BCUT2D eigenvalue weighted by Gasteiger charge is 2.13. The first-order valence-electron chi connectivity index (χ1n) is 6.69. The van der Waals surface area contributed by atoms with E-state index in [-0.39, 0.29) is 6.04 Å². The summed E-state index contributed by atoms with van der Waals surface area (Å²) < 4.78 is 10.9. The van der Waals surface area contributed by atoms with E-state index in [0.29, 0.717) is 0 Å². The van der Waals surface area contributed by atoms with Crippen molar-refractivity contribution in [1.29, 1.82) is 0 Å². The number of methoxy groups -OCH3 is 2. The quantitative estimate of drug-likeness (QED) is 0.900. The van der Waals surface area contributed by atoms with Gasteiger partial charge in [0.15, 0.2) is 0 Å². The van der Waals surface area contributed by atoms with Crippen molar-refractivity contribution in [2.24, 2.45) is 0 Å². The summed E-state index contributed by atoms with van der Waals surface area (Å²) >= 11 is 0. The molecule has 0 spiro atoms. The normalized spacial score (nSPS) is 12.0. The fraction of sp³-hybridized carbons (Fsp3) is 0.294.